The number of carboxylic acids is 1. The van der Waals surface area contributed by atoms with Crippen LogP contribution in [0.5, 0.6) is 0 Å². The van der Waals surface area contributed by atoms with Gasteiger partial charge < -0.3 is 19.6 Å². The maximum atomic E-state index is 13.0. The molecule has 0 aromatic heterocycles. The number of nitro benzene ring substituents is 1. The van der Waals surface area contributed by atoms with Gasteiger partial charge in [0, 0.05) is 63.4 Å². The van der Waals surface area contributed by atoms with Crippen LogP contribution in [0.2, 0.25) is 0 Å². The van der Waals surface area contributed by atoms with Crippen molar-refractivity contribution in [2.45, 2.75) is 70.1 Å². The number of rotatable bonds is 11. The van der Waals surface area contributed by atoms with Crippen LogP contribution in [0.1, 0.15) is 62.5 Å². The van der Waals surface area contributed by atoms with Gasteiger partial charge in [-0.2, -0.15) is 0 Å². The van der Waals surface area contributed by atoms with Crippen LogP contribution >= 0.6 is 0 Å². The van der Waals surface area contributed by atoms with Gasteiger partial charge in [-0.25, -0.2) is 4.79 Å². The molecule has 3 aliphatic rings. The Hall–Kier alpha value is -3.50. The van der Waals surface area contributed by atoms with Crippen LogP contribution in [0.4, 0.5) is 10.5 Å². The molecule has 2 saturated heterocycles. The van der Waals surface area contributed by atoms with Gasteiger partial charge in [-0.15, -0.1) is 0 Å². The van der Waals surface area contributed by atoms with Gasteiger partial charge in [0.15, 0.2) is 0 Å². The fraction of sp³-hybridized carbons (Fsp3) is 0.576. The summed E-state index contributed by atoms with van der Waals surface area (Å²) in [5, 5.41) is 21.1. The fourth-order valence-electron chi connectivity index (χ4n) is 7.55. The minimum Gasteiger partial charge on any atom is -0.480 e. The van der Waals surface area contributed by atoms with Crippen molar-refractivity contribution in [2.75, 3.05) is 39.3 Å². The lowest BCUT2D eigenvalue weighted by atomic mass is 9.88. The van der Waals surface area contributed by atoms with E-state index in [-0.39, 0.29) is 30.3 Å². The molecule has 232 valence electrons. The predicted molar refractivity (Wildman–Crippen MR) is 163 cm³/mol. The van der Waals surface area contributed by atoms with E-state index in [0.29, 0.717) is 23.9 Å². The van der Waals surface area contributed by atoms with Crippen molar-refractivity contribution in [1.29, 1.82) is 0 Å². The molecule has 0 bridgehead atoms. The molecule has 1 saturated carbocycles. The van der Waals surface area contributed by atoms with Crippen LogP contribution in [-0.2, 0) is 16.1 Å². The number of nitrogens with zero attached hydrogens (tertiary/aromatic N) is 4. The van der Waals surface area contributed by atoms with E-state index < -0.39 is 16.9 Å². The Kier molecular flexibility index (Phi) is 10.3. The average Bonchev–Trinajstić information content (AvgIpc) is 3.69. The van der Waals surface area contributed by atoms with E-state index in [1.165, 1.54) is 17.7 Å². The molecule has 3 fully saturated rings. The molecule has 5 rings (SSSR count). The van der Waals surface area contributed by atoms with Gasteiger partial charge in [-0.05, 0) is 67.7 Å². The average molecular weight is 593 g/mol. The molecule has 2 aliphatic heterocycles. The molecular weight excluding hydrogens is 548 g/mol. The summed E-state index contributed by atoms with van der Waals surface area (Å²) in [5.41, 5.74) is 2.00. The van der Waals surface area contributed by atoms with E-state index in [0.717, 1.165) is 71.2 Å². The normalized spacial score (nSPS) is 22.8. The van der Waals surface area contributed by atoms with Gasteiger partial charge in [-0.3, -0.25) is 19.8 Å². The number of non-ortho nitro benzene ring substituents is 1. The minimum atomic E-state index is -0.680. The Balaban J connectivity index is 1.17. The van der Waals surface area contributed by atoms with E-state index >= 15 is 0 Å². The van der Waals surface area contributed by atoms with Crippen LogP contribution in [0, 0.1) is 22.0 Å². The third kappa shape index (κ3) is 7.54. The Labute approximate surface area is 253 Å². The molecule has 2 heterocycles. The lowest BCUT2D eigenvalue weighted by Crippen LogP contribution is -2.49. The first kappa shape index (κ1) is 30.9. The van der Waals surface area contributed by atoms with Crippen LogP contribution in [0.15, 0.2) is 54.6 Å². The quantitative estimate of drug-likeness (QED) is 0.273. The van der Waals surface area contributed by atoms with E-state index in [4.69, 9.17) is 4.74 Å². The highest BCUT2D eigenvalue weighted by molar-refractivity contribution is 5.74. The Morgan fingerprint density at radius 3 is 2.30 bits per heavy atom. The summed E-state index contributed by atoms with van der Waals surface area (Å²) in [5.74, 6) is 0.198. The Bertz CT molecular complexity index is 1230. The zero-order valence-corrected chi connectivity index (χ0v) is 25.1. The Morgan fingerprint density at radius 2 is 1.70 bits per heavy atom. The highest BCUT2D eigenvalue weighted by Gasteiger charge is 2.43. The van der Waals surface area contributed by atoms with E-state index in [2.05, 4.69) is 34.1 Å². The largest absolute Gasteiger partial charge is 0.480 e. The number of nitro groups is 1. The fourth-order valence-corrected chi connectivity index (χ4v) is 7.55. The number of piperidine rings is 1. The van der Waals surface area contributed by atoms with Crippen molar-refractivity contribution in [3.05, 3.63) is 75.8 Å². The second-order valence-corrected chi connectivity index (χ2v) is 12.4. The smallest absolute Gasteiger partial charge is 0.410 e. The van der Waals surface area contributed by atoms with Gasteiger partial charge in [0.05, 0.1) is 4.92 Å². The van der Waals surface area contributed by atoms with Gasteiger partial charge >= 0.3 is 12.1 Å². The summed E-state index contributed by atoms with van der Waals surface area (Å²) in [6, 6.07) is 16.3. The zero-order valence-electron chi connectivity index (χ0n) is 25.1. The predicted octanol–water partition coefficient (Wildman–Crippen LogP) is 5.38. The molecule has 0 spiro atoms. The number of hydrogen-bond acceptors (Lipinski definition) is 7. The maximum Gasteiger partial charge on any atom is 0.410 e. The van der Waals surface area contributed by atoms with Crippen molar-refractivity contribution in [1.82, 2.24) is 14.7 Å². The molecule has 10 nitrogen and oxygen atoms in total. The number of ether oxygens (including phenoxy) is 1. The monoisotopic (exact) mass is 592 g/mol. The summed E-state index contributed by atoms with van der Waals surface area (Å²) in [7, 11) is 0. The molecule has 1 amide bonds. The van der Waals surface area contributed by atoms with Crippen molar-refractivity contribution >= 4 is 17.7 Å². The van der Waals surface area contributed by atoms with E-state index in [1.54, 1.807) is 17.0 Å². The molecule has 1 aliphatic carbocycles. The highest BCUT2D eigenvalue weighted by atomic mass is 16.6. The number of aliphatic carboxylic acids is 1. The number of carboxylic acid groups (broad SMARTS) is 1. The van der Waals surface area contributed by atoms with Gasteiger partial charge in [0.25, 0.3) is 5.69 Å². The van der Waals surface area contributed by atoms with Gasteiger partial charge in [-0.1, -0.05) is 43.2 Å². The third-order valence-electron chi connectivity index (χ3n) is 9.76. The first-order valence-electron chi connectivity index (χ1n) is 15.7. The van der Waals surface area contributed by atoms with Crippen molar-refractivity contribution in [2.24, 2.45) is 11.8 Å². The summed E-state index contributed by atoms with van der Waals surface area (Å²) in [6.45, 7) is 6.82. The number of hydrogen-bond donors (Lipinski definition) is 1. The summed E-state index contributed by atoms with van der Waals surface area (Å²) in [6.07, 6.45) is 5.61. The second kappa shape index (κ2) is 14.3. The van der Waals surface area contributed by atoms with Crippen LogP contribution in [0.3, 0.4) is 0 Å². The van der Waals surface area contributed by atoms with Crippen LogP contribution in [0.25, 0.3) is 0 Å². The lowest BCUT2D eigenvalue weighted by molar-refractivity contribution is -0.384. The number of likely N-dealkylation sites (tertiary alicyclic amines) is 2. The van der Waals surface area contributed by atoms with Crippen molar-refractivity contribution in [3.63, 3.8) is 0 Å². The van der Waals surface area contributed by atoms with E-state index in [1.807, 2.05) is 13.0 Å². The molecule has 0 radical (unpaired) electrons. The topological polar surface area (TPSA) is 116 Å². The zero-order chi connectivity index (χ0) is 30.3. The number of amides is 1. The van der Waals surface area contributed by atoms with Crippen LogP contribution < -0.4 is 0 Å². The van der Waals surface area contributed by atoms with Crippen molar-refractivity contribution in [3.8, 4) is 0 Å². The summed E-state index contributed by atoms with van der Waals surface area (Å²) < 4.78 is 5.58. The molecule has 0 unspecified atom stereocenters. The Morgan fingerprint density at radius 1 is 1.02 bits per heavy atom. The molecule has 1 N–H and O–H groups in total. The molecule has 2 aromatic carbocycles. The lowest BCUT2D eigenvalue weighted by Gasteiger charge is -2.39. The summed E-state index contributed by atoms with van der Waals surface area (Å²) >= 11 is 0. The second-order valence-electron chi connectivity index (χ2n) is 12.4. The first-order chi connectivity index (χ1) is 20.8. The van der Waals surface area contributed by atoms with E-state index in [9.17, 15) is 24.8 Å². The molecule has 10 heteroatoms. The molecule has 2 aromatic rings. The van der Waals surface area contributed by atoms with Crippen molar-refractivity contribution < 1.29 is 24.4 Å². The first-order valence-corrected chi connectivity index (χ1v) is 15.7. The van der Waals surface area contributed by atoms with Crippen LogP contribution in [-0.4, -0.2) is 88.1 Å². The SMILES string of the molecule is CCN(C(=O)OCc1ccc([N+](=O)[O-])cc1)C1CCN(C[C@H]2CN([C@@H](C(=O)O)C3CCCC3)C[C@@H]2c2ccccc2)CC1. The maximum absolute atomic E-state index is 13.0. The van der Waals surface area contributed by atoms with Gasteiger partial charge in [0.1, 0.15) is 12.6 Å². The number of carbonyl (C=O) groups excluding carboxylic acids is 1. The minimum absolute atomic E-state index is 0.00735. The summed E-state index contributed by atoms with van der Waals surface area (Å²) in [4.78, 5) is 42.4. The highest BCUT2D eigenvalue weighted by Crippen LogP contribution is 2.39. The van der Waals surface area contributed by atoms with Gasteiger partial charge in [0.2, 0.25) is 0 Å². The molecular formula is C33H44N4O6. The number of carbonyl (C=O) groups is 2. The third-order valence-corrected chi connectivity index (χ3v) is 9.76. The number of benzene rings is 2. The molecule has 3 atom stereocenters. The molecule has 43 heavy (non-hydrogen) atoms. The standard InChI is InChI=1S/C33H44N4O6/c1-2-36(33(40)43-23-24-12-14-29(15-13-24)37(41)42)28-16-18-34(19-17-28)20-27-21-35(22-30(27)25-8-4-3-5-9-25)31(32(38)39)26-10-6-7-11-26/h3-5,8-9,12-15,26-28,30-31H,2,6-7,10-11,16-23H2,1H3,(H,38,39)/t27-,30+,31+/m0/s1.